The first-order chi connectivity index (χ1) is 9.71. The van der Waals surface area contributed by atoms with Crippen LogP contribution < -0.4 is 5.32 Å². The van der Waals surface area contributed by atoms with Crippen LogP contribution in [0, 0.1) is 17.3 Å². The zero-order valence-electron chi connectivity index (χ0n) is 14.1. The normalized spacial score (nSPS) is 27.8. The number of hydrogen-bond donors (Lipinski definition) is 1. The molecule has 0 aromatic rings. The Morgan fingerprint density at radius 2 is 1.95 bits per heavy atom. The average Bonchev–Trinajstić information content (AvgIpc) is 3.19. The molecule has 1 heterocycles. The maximum Gasteiger partial charge on any atom is 0.211 e. The number of rotatable bonds is 7. The molecular formula is C16H32N2O2S. The van der Waals surface area contributed by atoms with Crippen LogP contribution in [-0.2, 0) is 10.0 Å². The van der Waals surface area contributed by atoms with E-state index in [2.05, 4.69) is 26.1 Å². The summed E-state index contributed by atoms with van der Waals surface area (Å²) in [6.45, 7) is 9.44. The lowest BCUT2D eigenvalue weighted by Crippen LogP contribution is -2.44. The highest BCUT2D eigenvalue weighted by atomic mass is 32.2. The largest absolute Gasteiger partial charge is 0.313 e. The molecule has 21 heavy (non-hydrogen) atoms. The minimum Gasteiger partial charge on any atom is -0.313 e. The molecule has 0 bridgehead atoms. The van der Waals surface area contributed by atoms with E-state index in [1.54, 1.807) is 4.31 Å². The monoisotopic (exact) mass is 316 g/mol. The van der Waals surface area contributed by atoms with Gasteiger partial charge in [0.25, 0.3) is 0 Å². The van der Waals surface area contributed by atoms with Gasteiger partial charge in [0.2, 0.25) is 10.0 Å². The third kappa shape index (κ3) is 4.93. The number of nitrogens with zero attached hydrogens (tertiary/aromatic N) is 1. The molecule has 0 radical (unpaired) electrons. The van der Waals surface area contributed by atoms with Gasteiger partial charge < -0.3 is 5.32 Å². The van der Waals surface area contributed by atoms with Crippen LogP contribution in [0.1, 0.15) is 52.9 Å². The van der Waals surface area contributed by atoms with E-state index in [1.165, 1.54) is 19.1 Å². The second-order valence-electron chi connectivity index (χ2n) is 7.80. The van der Waals surface area contributed by atoms with Crippen molar-refractivity contribution in [3.8, 4) is 0 Å². The first-order valence-corrected chi connectivity index (χ1v) is 10.2. The summed E-state index contributed by atoms with van der Waals surface area (Å²) in [4.78, 5) is 0. The van der Waals surface area contributed by atoms with Gasteiger partial charge >= 0.3 is 0 Å². The molecule has 2 fully saturated rings. The van der Waals surface area contributed by atoms with Crippen molar-refractivity contribution in [2.24, 2.45) is 17.3 Å². The smallest absolute Gasteiger partial charge is 0.211 e. The van der Waals surface area contributed by atoms with E-state index in [1.807, 2.05) is 0 Å². The molecule has 2 atom stereocenters. The summed E-state index contributed by atoms with van der Waals surface area (Å²) in [5, 5.41) is 3.68. The van der Waals surface area contributed by atoms with Crippen LogP contribution >= 0.6 is 0 Å². The van der Waals surface area contributed by atoms with E-state index in [9.17, 15) is 8.42 Å². The van der Waals surface area contributed by atoms with Gasteiger partial charge in [-0.1, -0.05) is 20.8 Å². The van der Waals surface area contributed by atoms with Gasteiger partial charge in [-0.25, -0.2) is 12.7 Å². The Labute approximate surface area is 130 Å². The SMILES string of the molecule is CC(C)C(C)(CNC1CC1)CC1CCCN(S(C)(=O)=O)C1. The molecule has 1 saturated carbocycles. The van der Waals surface area contributed by atoms with Gasteiger partial charge in [-0.2, -0.15) is 0 Å². The van der Waals surface area contributed by atoms with Crippen LogP contribution in [0.4, 0.5) is 0 Å². The molecule has 2 aliphatic rings. The molecule has 2 rings (SSSR count). The summed E-state index contributed by atoms with van der Waals surface area (Å²) in [7, 11) is -3.03. The number of piperidine rings is 1. The summed E-state index contributed by atoms with van der Waals surface area (Å²) in [6, 6.07) is 0.738. The summed E-state index contributed by atoms with van der Waals surface area (Å²) >= 11 is 0. The highest BCUT2D eigenvalue weighted by molar-refractivity contribution is 7.88. The highest BCUT2D eigenvalue weighted by Crippen LogP contribution is 2.37. The van der Waals surface area contributed by atoms with E-state index in [0.29, 0.717) is 24.9 Å². The van der Waals surface area contributed by atoms with Crippen molar-refractivity contribution in [3.05, 3.63) is 0 Å². The fourth-order valence-corrected chi connectivity index (χ4v) is 4.27. The fraction of sp³-hybridized carbons (Fsp3) is 1.00. The second kappa shape index (κ2) is 6.55. The molecule has 1 aliphatic carbocycles. The van der Waals surface area contributed by atoms with E-state index in [0.717, 1.165) is 31.8 Å². The molecule has 0 spiro atoms. The van der Waals surface area contributed by atoms with Crippen LogP contribution in [0.25, 0.3) is 0 Å². The van der Waals surface area contributed by atoms with Crippen molar-refractivity contribution in [2.75, 3.05) is 25.9 Å². The zero-order chi connectivity index (χ0) is 15.7. The molecule has 0 amide bonds. The van der Waals surface area contributed by atoms with Gasteiger partial charge in [0.1, 0.15) is 0 Å². The number of hydrogen-bond acceptors (Lipinski definition) is 3. The van der Waals surface area contributed by atoms with E-state index >= 15 is 0 Å². The minimum atomic E-state index is -3.03. The zero-order valence-corrected chi connectivity index (χ0v) is 14.9. The number of nitrogens with one attached hydrogen (secondary N) is 1. The van der Waals surface area contributed by atoms with Gasteiger partial charge in [-0.05, 0) is 49.4 Å². The summed E-state index contributed by atoms with van der Waals surface area (Å²) < 4.78 is 25.2. The standard InChI is InChI=1S/C16H32N2O2S/c1-13(2)16(3,12-17-15-7-8-15)10-14-6-5-9-18(11-14)21(4,19)20/h13-15,17H,5-12H2,1-4H3. The Kier molecular flexibility index (Phi) is 5.37. The van der Waals surface area contributed by atoms with Crippen LogP contribution in [0.2, 0.25) is 0 Å². The molecule has 1 saturated heterocycles. The molecular weight excluding hydrogens is 284 g/mol. The van der Waals surface area contributed by atoms with E-state index < -0.39 is 10.0 Å². The lowest BCUT2D eigenvalue weighted by Gasteiger charge is -2.40. The molecule has 0 aromatic carbocycles. The second-order valence-corrected chi connectivity index (χ2v) is 9.78. The van der Waals surface area contributed by atoms with Crippen LogP contribution in [0.3, 0.4) is 0 Å². The maximum atomic E-state index is 11.8. The predicted molar refractivity (Wildman–Crippen MR) is 87.7 cm³/mol. The minimum absolute atomic E-state index is 0.258. The van der Waals surface area contributed by atoms with Gasteiger partial charge in [-0.3, -0.25) is 0 Å². The highest BCUT2D eigenvalue weighted by Gasteiger charge is 2.36. The average molecular weight is 317 g/mol. The molecule has 124 valence electrons. The van der Waals surface area contributed by atoms with Crippen molar-refractivity contribution in [1.29, 1.82) is 0 Å². The van der Waals surface area contributed by atoms with Crippen molar-refractivity contribution >= 4 is 10.0 Å². The van der Waals surface area contributed by atoms with Crippen molar-refractivity contribution in [1.82, 2.24) is 9.62 Å². The first-order valence-electron chi connectivity index (χ1n) is 8.39. The summed E-state index contributed by atoms with van der Waals surface area (Å²) in [5.74, 6) is 1.11. The van der Waals surface area contributed by atoms with E-state index in [4.69, 9.17) is 0 Å². The maximum absolute atomic E-state index is 11.8. The lowest BCUT2D eigenvalue weighted by atomic mass is 9.71. The fourth-order valence-electron chi connectivity index (χ4n) is 3.33. The van der Waals surface area contributed by atoms with E-state index in [-0.39, 0.29) is 5.41 Å². The Morgan fingerprint density at radius 1 is 1.29 bits per heavy atom. The summed E-state index contributed by atoms with van der Waals surface area (Å²) in [5.41, 5.74) is 0.258. The Balaban J connectivity index is 1.95. The Morgan fingerprint density at radius 3 is 2.48 bits per heavy atom. The van der Waals surface area contributed by atoms with Crippen molar-refractivity contribution in [2.45, 2.75) is 58.9 Å². The van der Waals surface area contributed by atoms with Gasteiger partial charge in [-0.15, -0.1) is 0 Å². The van der Waals surface area contributed by atoms with Gasteiger partial charge in [0.05, 0.1) is 6.26 Å². The molecule has 2 unspecified atom stereocenters. The third-order valence-electron chi connectivity index (χ3n) is 5.47. The third-order valence-corrected chi connectivity index (χ3v) is 6.74. The summed E-state index contributed by atoms with van der Waals surface area (Å²) in [6.07, 6.45) is 7.26. The Bertz CT molecular complexity index is 445. The first kappa shape index (κ1) is 17.2. The van der Waals surface area contributed by atoms with Gasteiger partial charge in [0.15, 0.2) is 0 Å². The molecule has 4 nitrogen and oxygen atoms in total. The van der Waals surface area contributed by atoms with Crippen LogP contribution in [-0.4, -0.2) is 44.7 Å². The number of sulfonamides is 1. The molecule has 1 aliphatic heterocycles. The van der Waals surface area contributed by atoms with Crippen LogP contribution in [0.15, 0.2) is 0 Å². The lowest BCUT2D eigenvalue weighted by molar-refractivity contribution is 0.126. The van der Waals surface area contributed by atoms with Crippen molar-refractivity contribution in [3.63, 3.8) is 0 Å². The molecule has 0 aromatic heterocycles. The Hall–Kier alpha value is -0.130. The van der Waals surface area contributed by atoms with Crippen molar-refractivity contribution < 1.29 is 8.42 Å². The topological polar surface area (TPSA) is 49.4 Å². The molecule has 5 heteroatoms. The van der Waals surface area contributed by atoms with Crippen LogP contribution in [0.5, 0.6) is 0 Å². The molecule has 1 N–H and O–H groups in total. The van der Waals surface area contributed by atoms with Gasteiger partial charge in [0, 0.05) is 25.7 Å². The predicted octanol–water partition coefficient (Wildman–Crippen LogP) is 2.46. The quantitative estimate of drug-likeness (QED) is 0.785.